The molecule has 1 aromatic rings. The van der Waals surface area contributed by atoms with Crippen molar-refractivity contribution < 1.29 is 19.4 Å². The third kappa shape index (κ3) is 4.82. The predicted octanol–water partition coefficient (Wildman–Crippen LogP) is 3.35. The fourth-order valence-electron chi connectivity index (χ4n) is 2.67. The number of ether oxygens (including phenoxy) is 1. The minimum atomic E-state index is -0.782. The van der Waals surface area contributed by atoms with Crippen LogP contribution < -0.4 is 10.1 Å². The number of anilines is 1. The topological polar surface area (TPSA) is 88.5 Å². The van der Waals surface area contributed by atoms with Crippen molar-refractivity contribution in [2.45, 2.75) is 45.6 Å². The van der Waals surface area contributed by atoms with Crippen molar-refractivity contribution >= 4 is 29.2 Å². The molecule has 0 aromatic carbocycles. The number of carbonyl (C=O) groups is 2. The van der Waals surface area contributed by atoms with Gasteiger partial charge < -0.3 is 15.2 Å². The summed E-state index contributed by atoms with van der Waals surface area (Å²) >= 11 is 5.94. The summed E-state index contributed by atoms with van der Waals surface area (Å²) in [4.78, 5) is 27.5. The van der Waals surface area contributed by atoms with Crippen molar-refractivity contribution in [1.29, 1.82) is 0 Å². The molecule has 0 saturated heterocycles. The Kier molecular flexibility index (Phi) is 5.82. The van der Waals surface area contributed by atoms with E-state index in [1.807, 2.05) is 13.8 Å². The average molecular weight is 341 g/mol. The Morgan fingerprint density at radius 2 is 1.91 bits per heavy atom. The molecule has 0 bridgehead atoms. The summed E-state index contributed by atoms with van der Waals surface area (Å²) in [7, 11) is 0. The summed E-state index contributed by atoms with van der Waals surface area (Å²) in [6.07, 6.45) is 3.57. The van der Waals surface area contributed by atoms with Gasteiger partial charge in [-0.05, 0) is 45.6 Å². The largest absolute Gasteiger partial charge is 0.481 e. The standard InChI is InChI=1S/C16H21ClN2O4/c1-9(2)23-15-13(7-12(17)8-18-15)19-14(20)10-3-5-11(6-4-10)16(21)22/h7-11H,3-6H2,1-2H3,(H,19,20)(H,21,22). The molecular weight excluding hydrogens is 320 g/mol. The van der Waals surface area contributed by atoms with E-state index in [1.165, 1.54) is 6.20 Å². The molecule has 1 amide bonds. The lowest BCUT2D eigenvalue weighted by atomic mass is 9.81. The molecule has 1 fully saturated rings. The third-order valence-electron chi connectivity index (χ3n) is 3.87. The first-order valence-electron chi connectivity index (χ1n) is 7.72. The molecule has 2 N–H and O–H groups in total. The highest BCUT2D eigenvalue weighted by Crippen LogP contribution is 2.31. The first-order valence-corrected chi connectivity index (χ1v) is 8.10. The summed E-state index contributed by atoms with van der Waals surface area (Å²) in [5.41, 5.74) is 0.441. The minimum Gasteiger partial charge on any atom is -0.481 e. The maximum Gasteiger partial charge on any atom is 0.306 e. The number of nitrogens with zero attached hydrogens (tertiary/aromatic N) is 1. The van der Waals surface area contributed by atoms with Crippen molar-refractivity contribution in [3.05, 3.63) is 17.3 Å². The SMILES string of the molecule is CC(C)Oc1ncc(Cl)cc1NC(=O)C1CCC(C(=O)O)CC1. The Bertz CT molecular complexity index is 583. The molecule has 126 valence electrons. The van der Waals surface area contributed by atoms with Gasteiger partial charge >= 0.3 is 5.97 Å². The van der Waals surface area contributed by atoms with E-state index in [0.29, 0.717) is 42.3 Å². The number of carbonyl (C=O) groups excluding carboxylic acids is 1. The summed E-state index contributed by atoms with van der Waals surface area (Å²) in [5, 5.41) is 12.2. The highest BCUT2D eigenvalue weighted by molar-refractivity contribution is 6.30. The van der Waals surface area contributed by atoms with Crippen LogP contribution in [0, 0.1) is 11.8 Å². The van der Waals surface area contributed by atoms with E-state index in [4.69, 9.17) is 21.4 Å². The van der Waals surface area contributed by atoms with Crippen molar-refractivity contribution in [2.75, 3.05) is 5.32 Å². The molecule has 2 rings (SSSR count). The van der Waals surface area contributed by atoms with Crippen LogP contribution in [0.15, 0.2) is 12.3 Å². The van der Waals surface area contributed by atoms with E-state index in [2.05, 4.69) is 10.3 Å². The summed E-state index contributed by atoms with van der Waals surface area (Å²) in [6.45, 7) is 3.74. The number of halogens is 1. The second-order valence-corrected chi connectivity index (χ2v) is 6.49. The summed E-state index contributed by atoms with van der Waals surface area (Å²) < 4.78 is 5.57. The van der Waals surface area contributed by atoms with E-state index in [1.54, 1.807) is 6.07 Å². The van der Waals surface area contributed by atoms with Gasteiger partial charge in [-0.3, -0.25) is 9.59 Å². The fraction of sp³-hybridized carbons (Fsp3) is 0.562. The van der Waals surface area contributed by atoms with Crippen LogP contribution in [-0.2, 0) is 9.59 Å². The van der Waals surface area contributed by atoms with Crippen LogP contribution in [0.3, 0.4) is 0 Å². The van der Waals surface area contributed by atoms with Crippen LogP contribution >= 0.6 is 11.6 Å². The van der Waals surface area contributed by atoms with E-state index < -0.39 is 5.97 Å². The molecule has 1 aliphatic carbocycles. The molecule has 0 atom stereocenters. The molecule has 0 unspecified atom stereocenters. The number of aromatic nitrogens is 1. The van der Waals surface area contributed by atoms with Gasteiger partial charge in [0.05, 0.1) is 17.0 Å². The normalized spacial score (nSPS) is 21.0. The van der Waals surface area contributed by atoms with Gasteiger partial charge in [-0.2, -0.15) is 0 Å². The molecule has 6 nitrogen and oxygen atoms in total. The highest BCUT2D eigenvalue weighted by Gasteiger charge is 2.30. The Balaban J connectivity index is 2.03. The lowest BCUT2D eigenvalue weighted by Gasteiger charge is -2.25. The molecular formula is C16H21ClN2O4. The van der Waals surface area contributed by atoms with E-state index in [-0.39, 0.29) is 23.8 Å². The smallest absolute Gasteiger partial charge is 0.306 e. The average Bonchev–Trinajstić information content (AvgIpc) is 2.49. The monoisotopic (exact) mass is 340 g/mol. The van der Waals surface area contributed by atoms with Crippen molar-refractivity contribution in [3.63, 3.8) is 0 Å². The molecule has 0 aliphatic heterocycles. The van der Waals surface area contributed by atoms with Gasteiger partial charge in [-0.15, -0.1) is 0 Å². The van der Waals surface area contributed by atoms with E-state index in [9.17, 15) is 9.59 Å². The Morgan fingerprint density at radius 1 is 1.30 bits per heavy atom. The molecule has 1 saturated carbocycles. The summed E-state index contributed by atoms with van der Waals surface area (Å²) in [6, 6.07) is 1.60. The first kappa shape index (κ1) is 17.5. The van der Waals surface area contributed by atoms with Crippen LogP contribution in [0.5, 0.6) is 5.88 Å². The van der Waals surface area contributed by atoms with Gasteiger partial charge in [0.1, 0.15) is 5.69 Å². The molecule has 0 radical (unpaired) electrons. The molecule has 23 heavy (non-hydrogen) atoms. The van der Waals surface area contributed by atoms with Crippen molar-refractivity contribution in [3.8, 4) is 5.88 Å². The van der Waals surface area contributed by atoms with Crippen LogP contribution in [0.4, 0.5) is 5.69 Å². The lowest BCUT2D eigenvalue weighted by molar-refractivity contribution is -0.143. The second-order valence-electron chi connectivity index (χ2n) is 6.05. The van der Waals surface area contributed by atoms with Crippen LogP contribution in [0.25, 0.3) is 0 Å². The number of nitrogens with one attached hydrogen (secondary N) is 1. The number of amides is 1. The summed E-state index contributed by atoms with van der Waals surface area (Å²) in [5.74, 6) is -1.14. The van der Waals surface area contributed by atoms with Crippen molar-refractivity contribution in [2.24, 2.45) is 11.8 Å². The lowest BCUT2D eigenvalue weighted by Crippen LogP contribution is -2.29. The van der Waals surface area contributed by atoms with Gasteiger partial charge in [0, 0.05) is 12.1 Å². The number of pyridine rings is 1. The number of rotatable bonds is 5. The maximum absolute atomic E-state index is 12.4. The van der Waals surface area contributed by atoms with Crippen molar-refractivity contribution in [1.82, 2.24) is 4.98 Å². The Morgan fingerprint density at radius 3 is 2.48 bits per heavy atom. The highest BCUT2D eigenvalue weighted by atomic mass is 35.5. The molecule has 0 spiro atoms. The Labute approximate surface area is 140 Å². The van der Waals surface area contributed by atoms with Crippen LogP contribution in [0.1, 0.15) is 39.5 Å². The number of hydrogen-bond donors (Lipinski definition) is 2. The zero-order valence-electron chi connectivity index (χ0n) is 13.2. The number of aliphatic carboxylic acids is 1. The Hall–Kier alpha value is -1.82. The van der Waals surface area contributed by atoms with Crippen LogP contribution in [0.2, 0.25) is 5.02 Å². The zero-order valence-corrected chi connectivity index (χ0v) is 14.0. The van der Waals surface area contributed by atoms with Gasteiger partial charge in [0.2, 0.25) is 11.8 Å². The second kappa shape index (κ2) is 7.64. The van der Waals surface area contributed by atoms with Gasteiger partial charge in [-0.1, -0.05) is 11.6 Å². The molecule has 1 aliphatic rings. The van der Waals surface area contributed by atoms with E-state index in [0.717, 1.165) is 0 Å². The number of carboxylic acids is 1. The predicted molar refractivity (Wildman–Crippen MR) is 86.7 cm³/mol. The van der Waals surface area contributed by atoms with Gasteiger partial charge in [0.15, 0.2) is 0 Å². The van der Waals surface area contributed by atoms with Gasteiger partial charge in [0.25, 0.3) is 0 Å². The quantitative estimate of drug-likeness (QED) is 0.858. The number of hydrogen-bond acceptors (Lipinski definition) is 4. The fourth-order valence-corrected chi connectivity index (χ4v) is 2.83. The minimum absolute atomic E-state index is 0.0784. The van der Waals surface area contributed by atoms with Gasteiger partial charge in [-0.25, -0.2) is 4.98 Å². The molecule has 1 aromatic heterocycles. The molecule has 7 heteroatoms. The molecule has 1 heterocycles. The van der Waals surface area contributed by atoms with Crippen LogP contribution in [-0.4, -0.2) is 28.1 Å². The maximum atomic E-state index is 12.4. The first-order chi connectivity index (χ1) is 10.9. The number of carboxylic acid groups (broad SMARTS) is 1. The zero-order chi connectivity index (χ0) is 17.0. The van der Waals surface area contributed by atoms with E-state index >= 15 is 0 Å². The third-order valence-corrected chi connectivity index (χ3v) is 4.08.